The molecule has 0 atom stereocenters. The van der Waals surface area contributed by atoms with Crippen LogP contribution in [-0.4, -0.2) is 81.9 Å². The summed E-state index contributed by atoms with van der Waals surface area (Å²) in [6, 6.07) is 5.41. The first-order valence-corrected chi connectivity index (χ1v) is 8.36. The minimum absolute atomic E-state index is 0.0897. The molecule has 134 valence electrons. The number of hydrogen-bond donors (Lipinski definition) is 2. The largest absolute Gasteiger partial charge is 0.395 e. The van der Waals surface area contributed by atoms with E-state index in [-0.39, 0.29) is 12.6 Å². The van der Waals surface area contributed by atoms with Crippen LogP contribution in [0, 0.1) is 0 Å². The zero-order valence-corrected chi connectivity index (χ0v) is 14.0. The van der Waals surface area contributed by atoms with Crippen molar-refractivity contribution in [3.05, 3.63) is 30.3 Å². The molecular weight excluding hydrogens is 324 g/mol. The van der Waals surface area contributed by atoms with Crippen molar-refractivity contribution in [1.29, 1.82) is 0 Å². The molecule has 0 spiro atoms. The molecule has 0 unspecified atom stereocenters. The molecule has 1 aliphatic heterocycles. The number of rotatable bonds is 6. The summed E-state index contributed by atoms with van der Waals surface area (Å²) in [6.45, 7) is 4.13. The minimum Gasteiger partial charge on any atom is -0.395 e. The molecule has 3 rings (SSSR count). The van der Waals surface area contributed by atoms with E-state index in [1.165, 1.54) is 0 Å². The van der Waals surface area contributed by atoms with E-state index in [9.17, 15) is 4.79 Å². The highest BCUT2D eigenvalue weighted by molar-refractivity contribution is 5.74. The second kappa shape index (κ2) is 8.54. The van der Waals surface area contributed by atoms with E-state index in [0.29, 0.717) is 50.0 Å². The Balaban J connectivity index is 1.41. The number of urea groups is 1. The van der Waals surface area contributed by atoms with Crippen LogP contribution in [0.2, 0.25) is 0 Å². The van der Waals surface area contributed by atoms with E-state index in [1.54, 1.807) is 11.1 Å². The number of carbonyl (C=O) groups excluding carboxylic acids is 1. The maximum absolute atomic E-state index is 12.1. The van der Waals surface area contributed by atoms with Gasteiger partial charge in [-0.3, -0.25) is 9.88 Å². The monoisotopic (exact) mass is 346 g/mol. The van der Waals surface area contributed by atoms with Crippen molar-refractivity contribution >= 4 is 6.03 Å². The molecule has 2 aromatic heterocycles. The molecule has 2 aromatic rings. The lowest BCUT2D eigenvalue weighted by molar-refractivity contribution is 0.122. The number of carbonyl (C=O) groups is 1. The van der Waals surface area contributed by atoms with Crippen molar-refractivity contribution in [3.63, 3.8) is 0 Å². The van der Waals surface area contributed by atoms with Crippen molar-refractivity contribution in [3.8, 4) is 11.5 Å². The van der Waals surface area contributed by atoms with Crippen LogP contribution in [0.3, 0.4) is 0 Å². The highest BCUT2D eigenvalue weighted by Crippen LogP contribution is 2.11. The first-order valence-electron chi connectivity index (χ1n) is 8.36. The third-order valence-corrected chi connectivity index (χ3v) is 4.05. The molecule has 3 heterocycles. The fourth-order valence-corrected chi connectivity index (χ4v) is 2.66. The van der Waals surface area contributed by atoms with Gasteiger partial charge in [0.05, 0.1) is 6.61 Å². The summed E-state index contributed by atoms with van der Waals surface area (Å²) in [5.41, 5.74) is 0.655. The average Bonchev–Trinajstić information content (AvgIpc) is 3.12. The van der Waals surface area contributed by atoms with Crippen molar-refractivity contribution in [1.82, 2.24) is 30.2 Å². The molecule has 1 saturated heterocycles. The highest BCUT2D eigenvalue weighted by Gasteiger charge is 2.20. The van der Waals surface area contributed by atoms with E-state index in [1.807, 2.05) is 18.2 Å². The number of amides is 2. The van der Waals surface area contributed by atoms with Crippen molar-refractivity contribution < 1.29 is 14.4 Å². The summed E-state index contributed by atoms with van der Waals surface area (Å²) < 4.78 is 5.19. The van der Waals surface area contributed by atoms with Gasteiger partial charge in [-0.05, 0) is 12.1 Å². The van der Waals surface area contributed by atoms with Crippen LogP contribution in [-0.2, 0) is 6.42 Å². The van der Waals surface area contributed by atoms with E-state index in [4.69, 9.17) is 9.63 Å². The van der Waals surface area contributed by atoms with E-state index in [2.05, 4.69) is 25.3 Å². The summed E-state index contributed by atoms with van der Waals surface area (Å²) in [6.07, 6.45) is 2.14. The maximum atomic E-state index is 12.1. The Morgan fingerprint density at radius 1 is 1.28 bits per heavy atom. The zero-order valence-electron chi connectivity index (χ0n) is 14.0. The van der Waals surface area contributed by atoms with Crippen LogP contribution in [0.25, 0.3) is 11.5 Å². The van der Waals surface area contributed by atoms with Crippen molar-refractivity contribution in [2.75, 3.05) is 45.9 Å². The van der Waals surface area contributed by atoms with Crippen LogP contribution in [0.1, 0.15) is 5.89 Å². The number of aromatic nitrogens is 3. The van der Waals surface area contributed by atoms with Gasteiger partial charge in [0.2, 0.25) is 11.7 Å². The topological polar surface area (TPSA) is 108 Å². The Morgan fingerprint density at radius 3 is 2.84 bits per heavy atom. The predicted octanol–water partition coefficient (Wildman–Crippen LogP) is -0.00640. The van der Waals surface area contributed by atoms with Gasteiger partial charge in [-0.25, -0.2) is 4.79 Å². The number of β-amino-alcohol motifs (C(OH)–C–C–N with tert-alkyl or cyclic N) is 1. The number of piperazine rings is 1. The van der Waals surface area contributed by atoms with Gasteiger partial charge in [-0.2, -0.15) is 4.98 Å². The standard InChI is InChI=1S/C16H22N6O3/c23-12-11-21-7-9-22(10-8-21)16(24)18-6-4-14-19-15(20-25-14)13-3-1-2-5-17-13/h1-3,5,23H,4,6-12H2,(H,18,24). The number of nitrogens with one attached hydrogen (secondary N) is 1. The summed E-state index contributed by atoms with van der Waals surface area (Å²) in [5, 5.41) is 15.7. The molecule has 9 heteroatoms. The summed E-state index contributed by atoms with van der Waals surface area (Å²) >= 11 is 0. The second-order valence-corrected chi connectivity index (χ2v) is 5.76. The number of nitrogens with zero attached hydrogens (tertiary/aromatic N) is 5. The smallest absolute Gasteiger partial charge is 0.317 e. The summed E-state index contributed by atoms with van der Waals surface area (Å²) in [5.74, 6) is 0.913. The molecule has 0 bridgehead atoms. The van der Waals surface area contributed by atoms with Crippen LogP contribution in [0.15, 0.2) is 28.9 Å². The predicted molar refractivity (Wildman–Crippen MR) is 89.7 cm³/mol. The quantitative estimate of drug-likeness (QED) is 0.757. The third kappa shape index (κ3) is 4.74. The molecule has 25 heavy (non-hydrogen) atoms. The van der Waals surface area contributed by atoms with Crippen LogP contribution < -0.4 is 5.32 Å². The van der Waals surface area contributed by atoms with Gasteiger partial charge < -0.3 is 19.8 Å². The lowest BCUT2D eigenvalue weighted by atomic mass is 10.3. The molecular formula is C16H22N6O3. The average molecular weight is 346 g/mol. The number of aliphatic hydroxyl groups excluding tert-OH is 1. The van der Waals surface area contributed by atoms with Gasteiger partial charge in [-0.15, -0.1) is 0 Å². The van der Waals surface area contributed by atoms with Crippen LogP contribution >= 0.6 is 0 Å². The molecule has 2 N–H and O–H groups in total. The first kappa shape index (κ1) is 17.3. The Bertz CT molecular complexity index is 670. The normalized spacial score (nSPS) is 15.3. The van der Waals surface area contributed by atoms with Gasteiger partial charge in [-0.1, -0.05) is 11.2 Å². The van der Waals surface area contributed by atoms with Gasteiger partial charge >= 0.3 is 6.03 Å². The lowest BCUT2D eigenvalue weighted by Crippen LogP contribution is -2.52. The van der Waals surface area contributed by atoms with Crippen LogP contribution in [0.5, 0.6) is 0 Å². The molecule has 0 radical (unpaired) electrons. The van der Waals surface area contributed by atoms with E-state index >= 15 is 0 Å². The summed E-state index contributed by atoms with van der Waals surface area (Å²) in [4.78, 5) is 24.5. The number of aliphatic hydroxyl groups is 1. The van der Waals surface area contributed by atoms with Crippen molar-refractivity contribution in [2.45, 2.75) is 6.42 Å². The van der Waals surface area contributed by atoms with Crippen LogP contribution in [0.4, 0.5) is 4.79 Å². The number of hydrogen-bond acceptors (Lipinski definition) is 7. The molecule has 0 aromatic carbocycles. The lowest BCUT2D eigenvalue weighted by Gasteiger charge is -2.34. The van der Waals surface area contributed by atoms with E-state index in [0.717, 1.165) is 13.1 Å². The fraction of sp³-hybridized carbons (Fsp3) is 0.500. The zero-order chi connectivity index (χ0) is 17.5. The number of pyridine rings is 1. The third-order valence-electron chi connectivity index (χ3n) is 4.05. The second-order valence-electron chi connectivity index (χ2n) is 5.76. The van der Waals surface area contributed by atoms with Gasteiger partial charge in [0.15, 0.2) is 0 Å². The Hall–Kier alpha value is -2.52. The highest BCUT2D eigenvalue weighted by atomic mass is 16.5. The van der Waals surface area contributed by atoms with Gasteiger partial charge in [0.25, 0.3) is 0 Å². The maximum Gasteiger partial charge on any atom is 0.317 e. The Kier molecular flexibility index (Phi) is 5.91. The minimum atomic E-state index is -0.0897. The fourth-order valence-electron chi connectivity index (χ4n) is 2.66. The SMILES string of the molecule is O=C(NCCc1nc(-c2ccccn2)no1)N1CCN(CCO)CC1. The molecule has 9 nitrogen and oxygen atoms in total. The molecule has 0 aliphatic carbocycles. The molecule has 0 saturated carbocycles. The molecule has 1 fully saturated rings. The Morgan fingerprint density at radius 2 is 2.12 bits per heavy atom. The first-order chi connectivity index (χ1) is 12.3. The molecule has 2 amide bonds. The summed E-state index contributed by atoms with van der Waals surface area (Å²) in [7, 11) is 0. The van der Waals surface area contributed by atoms with Gasteiger partial charge in [0, 0.05) is 51.9 Å². The van der Waals surface area contributed by atoms with Gasteiger partial charge in [0.1, 0.15) is 5.69 Å². The van der Waals surface area contributed by atoms with Crippen molar-refractivity contribution in [2.24, 2.45) is 0 Å². The molecule has 1 aliphatic rings. The Labute approximate surface area is 145 Å². The van der Waals surface area contributed by atoms with E-state index < -0.39 is 0 Å².